The molecule has 0 nitrogen and oxygen atoms in total. The average molecular weight is 254 g/mol. The van der Waals surface area contributed by atoms with E-state index in [1.807, 2.05) is 0 Å². The van der Waals surface area contributed by atoms with Crippen molar-refractivity contribution in [3.63, 3.8) is 0 Å². The SMILES string of the molecule is C1=Cc2ccc3c(c2C1)CCCCCCCCCC3. The van der Waals surface area contributed by atoms with Crippen molar-refractivity contribution >= 4 is 6.08 Å². The molecule has 19 heavy (non-hydrogen) atoms. The summed E-state index contributed by atoms with van der Waals surface area (Å²) in [6.45, 7) is 0. The van der Waals surface area contributed by atoms with Crippen LogP contribution in [0, 0.1) is 0 Å². The van der Waals surface area contributed by atoms with E-state index in [0.29, 0.717) is 0 Å². The highest BCUT2D eigenvalue weighted by molar-refractivity contribution is 5.63. The Balaban J connectivity index is 1.82. The number of benzene rings is 1. The zero-order valence-electron chi connectivity index (χ0n) is 12.1. The fraction of sp³-hybridized carbons (Fsp3) is 0.579. The van der Waals surface area contributed by atoms with E-state index in [9.17, 15) is 0 Å². The molecule has 0 radical (unpaired) electrons. The highest BCUT2D eigenvalue weighted by atomic mass is 14.2. The van der Waals surface area contributed by atoms with Crippen LogP contribution in [0.25, 0.3) is 6.08 Å². The molecule has 3 rings (SSSR count). The molecule has 0 heteroatoms. The quantitative estimate of drug-likeness (QED) is 0.575. The second kappa shape index (κ2) is 6.41. The summed E-state index contributed by atoms with van der Waals surface area (Å²) in [6.07, 6.45) is 19.9. The lowest BCUT2D eigenvalue weighted by atomic mass is 9.89. The maximum absolute atomic E-state index is 2.41. The summed E-state index contributed by atoms with van der Waals surface area (Å²) >= 11 is 0. The van der Waals surface area contributed by atoms with E-state index >= 15 is 0 Å². The van der Waals surface area contributed by atoms with Gasteiger partial charge in [-0.1, -0.05) is 62.8 Å². The molecule has 0 amide bonds. The second-order valence-corrected chi connectivity index (χ2v) is 6.21. The van der Waals surface area contributed by atoms with Crippen LogP contribution in [0.1, 0.15) is 73.6 Å². The van der Waals surface area contributed by atoms with Gasteiger partial charge in [0.2, 0.25) is 0 Å². The van der Waals surface area contributed by atoms with Crippen LogP contribution in [0.2, 0.25) is 0 Å². The lowest BCUT2D eigenvalue weighted by Gasteiger charge is -2.16. The van der Waals surface area contributed by atoms with Crippen molar-refractivity contribution in [2.45, 2.75) is 70.6 Å². The molecule has 0 N–H and O–H groups in total. The summed E-state index contributed by atoms with van der Waals surface area (Å²) in [5, 5.41) is 0. The Labute approximate surface area is 117 Å². The third-order valence-corrected chi connectivity index (χ3v) is 4.81. The first kappa shape index (κ1) is 13.0. The Morgan fingerprint density at radius 3 is 2.11 bits per heavy atom. The summed E-state index contributed by atoms with van der Waals surface area (Å²) < 4.78 is 0. The summed E-state index contributed by atoms with van der Waals surface area (Å²) in [7, 11) is 0. The minimum atomic E-state index is 1.18. The number of allylic oxidation sites excluding steroid dienone is 1. The number of rotatable bonds is 0. The molecule has 0 atom stereocenters. The lowest BCUT2D eigenvalue weighted by molar-refractivity contribution is 0.559. The molecule has 0 spiro atoms. The highest BCUT2D eigenvalue weighted by Crippen LogP contribution is 2.29. The zero-order valence-corrected chi connectivity index (χ0v) is 12.1. The van der Waals surface area contributed by atoms with Gasteiger partial charge in [0, 0.05) is 0 Å². The number of hydrogen-bond donors (Lipinski definition) is 0. The van der Waals surface area contributed by atoms with E-state index in [4.69, 9.17) is 0 Å². The van der Waals surface area contributed by atoms with Gasteiger partial charge in [-0.15, -0.1) is 0 Å². The molecule has 0 saturated heterocycles. The molecule has 102 valence electrons. The van der Waals surface area contributed by atoms with Gasteiger partial charge in [-0.3, -0.25) is 0 Å². The van der Waals surface area contributed by atoms with Crippen LogP contribution in [0.3, 0.4) is 0 Å². The van der Waals surface area contributed by atoms with Crippen LogP contribution in [0.5, 0.6) is 0 Å². The maximum atomic E-state index is 2.41. The minimum absolute atomic E-state index is 1.18. The molecule has 1 aromatic carbocycles. The molecule has 0 aliphatic heterocycles. The van der Waals surface area contributed by atoms with Gasteiger partial charge in [0.15, 0.2) is 0 Å². The molecule has 0 aromatic heterocycles. The molecule has 2 aliphatic carbocycles. The van der Waals surface area contributed by atoms with Crippen LogP contribution in [-0.4, -0.2) is 0 Å². The van der Waals surface area contributed by atoms with E-state index in [2.05, 4.69) is 24.3 Å². The second-order valence-electron chi connectivity index (χ2n) is 6.21. The maximum Gasteiger partial charge on any atom is -0.00853 e. The number of hydrogen-bond acceptors (Lipinski definition) is 0. The van der Waals surface area contributed by atoms with Gasteiger partial charge in [-0.25, -0.2) is 0 Å². The Bertz CT molecular complexity index is 453. The van der Waals surface area contributed by atoms with Crippen molar-refractivity contribution in [1.29, 1.82) is 0 Å². The summed E-state index contributed by atoms with van der Waals surface area (Å²) in [5.74, 6) is 0. The van der Waals surface area contributed by atoms with Crippen LogP contribution >= 0.6 is 0 Å². The van der Waals surface area contributed by atoms with Gasteiger partial charge in [0.25, 0.3) is 0 Å². The van der Waals surface area contributed by atoms with E-state index in [0.717, 1.165) is 0 Å². The number of aryl methyl sites for hydroxylation is 1. The summed E-state index contributed by atoms with van der Waals surface area (Å²) in [5.41, 5.74) is 6.51. The molecular weight excluding hydrogens is 228 g/mol. The Hall–Kier alpha value is -1.04. The molecule has 0 bridgehead atoms. The van der Waals surface area contributed by atoms with Gasteiger partial charge < -0.3 is 0 Å². The monoisotopic (exact) mass is 254 g/mol. The van der Waals surface area contributed by atoms with Crippen LogP contribution in [0.4, 0.5) is 0 Å². The summed E-state index contributed by atoms with van der Waals surface area (Å²) in [6, 6.07) is 4.76. The smallest absolute Gasteiger partial charge is 0.00853 e. The van der Waals surface area contributed by atoms with Crippen molar-refractivity contribution < 1.29 is 0 Å². The third-order valence-electron chi connectivity index (χ3n) is 4.81. The van der Waals surface area contributed by atoms with E-state index in [1.165, 1.54) is 76.2 Å². The van der Waals surface area contributed by atoms with Crippen molar-refractivity contribution in [2.75, 3.05) is 0 Å². The zero-order chi connectivity index (χ0) is 12.9. The molecule has 1 aromatic rings. The van der Waals surface area contributed by atoms with Crippen molar-refractivity contribution in [2.24, 2.45) is 0 Å². The Morgan fingerprint density at radius 2 is 1.32 bits per heavy atom. The first-order valence-corrected chi connectivity index (χ1v) is 8.25. The van der Waals surface area contributed by atoms with Crippen molar-refractivity contribution in [3.8, 4) is 0 Å². The fourth-order valence-electron chi connectivity index (χ4n) is 3.68. The molecule has 0 unspecified atom stereocenters. The molecule has 2 aliphatic rings. The largest absolute Gasteiger partial charge is 0.0795 e. The van der Waals surface area contributed by atoms with Crippen molar-refractivity contribution in [3.05, 3.63) is 40.5 Å². The predicted molar refractivity (Wildman–Crippen MR) is 83.5 cm³/mol. The topological polar surface area (TPSA) is 0 Å². The Morgan fingerprint density at radius 1 is 0.632 bits per heavy atom. The van der Waals surface area contributed by atoms with Crippen LogP contribution in [0.15, 0.2) is 18.2 Å². The molecule has 0 saturated carbocycles. The minimum Gasteiger partial charge on any atom is -0.0795 e. The summed E-state index contributed by atoms with van der Waals surface area (Å²) in [4.78, 5) is 0. The first-order valence-electron chi connectivity index (χ1n) is 8.25. The molecular formula is C19H26. The lowest BCUT2D eigenvalue weighted by Crippen LogP contribution is -2.02. The van der Waals surface area contributed by atoms with Crippen LogP contribution < -0.4 is 0 Å². The third kappa shape index (κ3) is 3.11. The van der Waals surface area contributed by atoms with Crippen molar-refractivity contribution in [1.82, 2.24) is 0 Å². The standard InChI is InChI=1S/C19H26/c1-2-4-6-8-12-18-16(10-7-5-3-1)14-15-17-11-9-13-19(17)18/h9,11,14-15H,1-8,10,12-13H2. The number of fused-ring (bicyclic) bond motifs is 3. The van der Waals surface area contributed by atoms with E-state index in [-0.39, 0.29) is 0 Å². The van der Waals surface area contributed by atoms with Crippen LogP contribution in [-0.2, 0) is 19.3 Å². The van der Waals surface area contributed by atoms with Gasteiger partial charge in [0.05, 0.1) is 0 Å². The molecule has 0 heterocycles. The normalized spacial score (nSPS) is 20.2. The van der Waals surface area contributed by atoms with Gasteiger partial charge >= 0.3 is 0 Å². The predicted octanol–water partition coefficient (Wildman–Crippen LogP) is 5.48. The Kier molecular flexibility index (Phi) is 4.37. The van der Waals surface area contributed by atoms with Gasteiger partial charge in [-0.2, -0.15) is 0 Å². The highest BCUT2D eigenvalue weighted by Gasteiger charge is 2.14. The van der Waals surface area contributed by atoms with Gasteiger partial charge in [-0.05, 0) is 54.4 Å². The molecule has 0 fully saturated rings. The van der Waals surface area contributed by atoms with Gasteiger partial charge in [0.1, 0.15) is 0 Å². The van der Waals surface area contributed by atoms with E-state index < -0.39 is 0 Å². The fourth-order valence-corrected chi connectivity index (χ4v) is 3.68. The average Bonchev–Trinajstić information content (AvgIpc) is 2.88. The van der Waals surface area contributed by atoms with E-state index in [1.54, 1.807) is 16.7 Å². The first-order chi connectivity index (χ1) is 9.45.